The molecule has 0 amide bonds. The molecule has 0 saturated heterocycles. The maximum Gasteiger partial charge on any atom is 0.337 e. The molecule has 0 aliphatic rings. The van der Waals surface area contributed by atoms with Gasteiger partial charge in [-0.3, -0.25) is 0 Å². The Hall–Kier alpha value is -2.01. The Kier molecular flexibility index (Phi) is 4.85. The Bertz CT molecular complexity index is 638. The van der Waals surface area contributed by atoms with Gasteiger partial charge in [0.15, 0.2) is 0 Å². The number of carbonyl (C=O) groups excluding carboxylic acids is 1. The largest absolute Gasteiger partial charge is 0.465 e. The van der Waals surface area contributed by atoms with Crippen LogP contribution in [-0.4, -0.2) is 22.6 Å². The molecule has 21 heavy (non-hydrogen) atoms. The zero-order valence-electron chi connectivity index (χ0n) is 12.3. The molecule has 0 spiro atoms. The van der Waals surface area contributed by atoms with E-state index in [1.54, 1.807) is 24.5 Å². The molecule has 0 aliphatic carbocycles. The Labute approximate surface area is 128 Å². The normalized spacial score (nSPS) is 10.7. The van der Waals surface area contributed by atoms with E-state index in [-0.39, 0.29) is 5.97 Å². The summed E-state index contributed by atoms with van der Waals surface area (Å²) >= 11 is 6.15. The molecule has 0 aliphatic heterocycles. The van der Waals surface area contributed by atoms with Crippen molar-refractivity contribution in [2.45, 2.75) is 26.4 Å². The standard InChI is InChI=1S/C15H18ClN3O2/c1-10(2)19-9-17-7-12(19)8-18-14-6-11(15(20)21-3)4-5-13(14)16/h4-7,9-10,18H,8H2,1-3H3. The predicted molar refractivity (Wildman–Crippen MR) is 82.7 cm³/mol. The average Bonchev–Trinajstić information content (AvgIpc) is 2.94. The Morgan fingerprint density at radius 1 is 1.48 bits per heavy atom. The summed E-state index contributed by atoms with van der Waals surface area (Å²) in [4.78, 5) is 15.7. The number of carbonyl (C=O) groups is 1. The highest BCUT2D eigenvalue weighted by molar-refractivity contribution is 6.33. The smallest absolute Gasteiger partial charge is 0.337 e. The highest BCUT2D eigenvalue weighted by atomic mass is 35.5. The van der Waals surface area contributed by atoms with E-state index in [4.69, 9.17) is 16.3 Å². The lowest BCUT2D eigenvalue weighted by molar-refractivity contribution is 0.0601. The molecular formula is C15H18ClN3O2. The molecule has 2 rings (SSSR count). The number of rotatable bonds is 5. The van der Waals surface area contributed by atoms with E-state index in [2.05, 4.69) is 28.7 Å². The van der Waals surface area contributed by atoms with Gasteiger partial charge in [0.05, 0.1) is 41.9 Å². The van der Waals surface area contributed by atoms with Gasteiger partial charge >= 0.3 is 5.97 Å². The van der Waals surface area contributed by atoms with Crippen LogP contribution in [0.4, 0.5) is 5.69 Å². The summed E-state index contributed by atoms with van der Waals surface area (Å²) in [5, 5.41) is 3.78. The van der Waals surface area contributed by atoms with Gasteiger partial charge in [0.2, 0.25) is 0 Å². The van der Waals surface area contributed by atoms with Gasteiger partial charge in [0.1, 0.15) is 0 Å². The van der Waals surface area contributed by atoms with E-state index in [9.17, 15) is 4.79 Å². The molecular weight excluding hydrogens is 290 g/mol. The summed E-state index contributed by atoms with van der Waals surface area (Å²) in [6.07, 6.45) is 3.61. The van der Waals surface area contributed by atoms with Crippen molar-refractivity contribution < 1.29 is 9.53 Å². The number of halogens is 1. The number of aromatic nitrogens is 2. The predicted octanol–water partition coefficient (Wildman–Crippen LogP) is 3.52. The highest BCUT2D eigenvalue weighted by Crippen LogP contribution is 2.24. The number of anilines is 1. The first-order valence-electron chi connectivity index (χ1n) is 6.65. The molecule has 0 atom stereocenters. The summed E-state index contributed by atoms with van der Waals surface area (Å²) < 4.78 is 6.78. The first kappa shape index (κ1) is 15.4. The monoisotopic (exact) mass is 307 g/mol. The topological polar surface area (TPSA) is 56.1 Å². The summed E-state index contributed by atoms with van der Waals surface area (Å²) in [6.45, 7) is 4.76. The zero-order chi connectivity index (χ0) is 15.4. The zero-order valence-corrected chi connectivity index (χ0v) is 13.0. The van der Waals surface area contributed by atoms with Crippen LogP contribution in [0.3, 0.4) is 0 Å². The number of benzene rings is 1. The van der Waals surface area contributed by atoms with E-state index in [1.807, 2.05) is 6.20 Å². The van der Waals surface area contributed by atoms with Crippen LogP contribution in [0, 0.1) is 0 Å². The third-order valence-corrected chi connectivity index (χ3v) is 3.48. The van der Waals surface area contributed by atoms with Crippen molar-refractivity contribution in [3.63, 3.8) is 0 Å². The molecule has 112 valence electrons. The van der Waals surface area contributed by atoms with Crippen molar-refractivity contribution >= 4 is 23.3 Å². The minimum atomic E-state index is -0.387. The van der Waals surface area contributed by atoms with Crippen molar-refractivity contribution in [2.24, 2.45) is 0 Å². The number of hydrogen-bond donors (Lipinski definition) is 1. The quantitative estimate of drug-likeness (QED) is 0.859. The fourth-order valence-corrected chi connectivity index (χ4v) is 2.21. The second kappa shape index (κ2) is 6.63. The van der Waals surface area contributed by atoms with Crippen molar-refractivity contribution in [1.82, 2.24) is 9.55 Å². The molecule has 0 saturated carbocycles. The molecule has 6 heteroatoms. The minimum absolute atomic E-state index is 0.334. The molecule has 1 aromatic carbocycles. The molecule has 1 N–H and O–H groups in total. The lowest BCUT2D eigenvalue weighted by atomic mass is 10.2. The Morgan fingerprint density at radius 2 is 2.24 bits per heavy atom. The summed E-state index contributed by atoms with van der Waals surface area (Å²) in [6, 6.07) is 5.33. The van der Waals surface area contributed by atoms with Crippen LogP contribution < -0.4 is 5.32 Å². The number of nitrogens with one attached hydrogen (secondary N) is 1. The SMILES string of the molecule is COC(=O)c1ccc(Cl)c(NCc2cncn2C(C)C)c1. The van der Waals surface area contributed by atoms with Gasteiger partial charge in [0.25, 0.3) is 0 Å². The number of nitrogens with zero attached hydrogens (tertiary/aromatic N) is 2. The van der Waals surface area contributed by atoms with Gasteiger partial charge in [-0.15, -0.1) is 0 Å². The minimum Gasteiger partial charge on any atom is -0.465 e. The number of imidazole rings is 1. The van der Waals surface area contributed by atoms with E-state index >= 15 is 0 Å². The highest BCUT2D eigenvalue weighted by Gasteiger charge is 2.10. The van der Waals surface area contributed by atoms with E-state index < -0.39 is 0 Å². The Morgan fingerprint density at radius 3 is 2.90 bits per heavy atom. The number of methoxy groups -OCH3 is 1. The van der Waals surface area contributed by atoms with Gasteiger partial charge in [-0.1, -0.05) is 11.6 Å². The van der Waals surface area contributed by atoms with Crippen LogP contribution in [0.25, 0.3) is 0 Å². The van der Waals surface area contributed by atoms with E-state index in [0.29, 0.717) is 28.9 Å². The molecule has 2 aromatic rings. The lowest BCUT2D eigenvalue weighted by Crippen LogP contribution is -2.09. The van der Waals surface area contributed by atoms with Gasteiger partial charge in [-0.25, -0.2) is 9.78 Å². The van der Waals surface area contributed by atoms with Gasteiger partial charge < -0.3 is 14.6 Å². The van der Waals surface area contributed by atoms with Gasteiger partial charge in [-0.05, 0) is 32.0 Å². The summed E-state index contributed by atoms with van der Waals surface area (Å²) in [7, 11) is 1.35. The van der Waals surface area contributed by atoms with Crippen LogP contribution in [0.15, 0.2) is 30.7 Å². The van der Waals surface area contributed by atoms with Crippen LogP contribution in [-0.2, 0) is 11.3 Å². The maximum atomic E-state index is 11.5. The Balaban J connectivity index is 2.16. The first-order valence-corrected chi connectivity index (χ1v) is 7.03. The van der Waals surface area contributed by atoms with Crippen molar-refractivity contribution in [2.75, 3.05) is 12.4 Å². The van der Waals surface area contributed by atoms with Gasteiger partial charge in [0, 0.05) is 12.2 Å². The third kappa shape index (κ3) is 3.55. The number of hydrogen-bond acceptors (Lipinski definition) is 4. The van der Waals surface area contributed by atoms with Crippen molar-refractivity contribution in [3.05, 3.63) is 47.0 Å². The van der Waals surface area contributed by atoms with Crippen LogP contribution in [0.2, 0.25) is 5.02 Å². The average molecular weight is 308 g/mol. The second-order valence-corrected chi connectivity index (χ2v) is 5.33. The fourth-order valence-electron chi connectivity index (χ4n) is 2.03. The lowest BCUT2D eigenvalue weighted by Gasteiger charge is -2.14. The van der Waals surface area contributed by atoms with Crippen LogP contribution in [0.5, 0.6) is 0 Å². The number of esters is 1. The third-order valence-electron chi connectivity index (χ3n) is 3.15. The van der Waals surface area contributed by atoms with Crippen LogP contribution in [0.1, 0.15) is 35.9 Å². The summed E-state index contributed by atoms with van der Waals surface area (Å²) in [5.74, 6) is -0.387. The summed E-state index contributed by atoms with van der Waals surface area (Å²) in [5.41, 5.74) is 2.20. The molecule has 0 bridgehead atoms. The fraction of sp³-hybridized carbons (Fsp3) is 0.333. The van der Waals surface area contributed by atoms with Crippen molar-refractivity contribution in [1.29, 1.82) is 0 Å². The number of ether oxygens (including phenoxy) is 1. The molecule has 1 heterocycles. The molecule has 0 unspecified atom stereocenters. The van der Waals surface area contributed by atoms with E-state index in [0.717, 1.165) is 5.69 Å². The van der Waals surface area contributed by atoms with Crippen LogP contribution >= 0.6 is 11.6 Å². The molecule has 0 radical (unpaired) electrons. The molecule has 0 fully saturated rings. The van der Waals surface area contributed by atoms with Gasteiger partial charge in [-0.2, -0.15) is 0 Å². The van der Waals surface area contributed by atoms with Crippen molar-refractivity contribution in [3.8, 4) is 0 Å². The first-order chi connectivity index (χ1) is 10.0. The maximum absolute atomic E-state index is 11.5. The van der Waals surface area contributed by atoms with E-state index in [1.165, 1.54) is 7.11 Å². The molecule has 1 aromatic heterocycles. The molecule has 5 nitrogen and oxygen atoms in total. The second-order valence-electron chi connectivity index (χ2n) is 4.93.